The number of carbonyl (C=O) groups is 1. The Kier molecular flexibility index (Phi) is 8.27. The summed E-state index contributed by atoms with van der Waals surface area (Å²) < 4.78 is 30.1. The Morgan fingerprint density at radius 2 is 1.55 bits per heavy atom. The summed E-state index contributed by atoms with van der Waals surface area (Å²) in [6, 6.07) is 26.8. The van der Waals surface area contributed by atoms with Gasteiger partial charge >= 0.3 is 0 Å². The van der Waals surface area contributed by atoms with Crippen LogP contribution in [-0.2, 0) is 27.9 Å². The highest BCUT2D eigenvalue weighted by molar-refractivity contribution is 7.89. The van der Waals surface area contributed by atoms with Crippen LogP contribution in [-0.4, -0.2) is 36.1 Å². The monoisotopic (exact) mass is 546 g/mol. The standard InChI is InChI=1S/C31H34N2O3S2/c1-24-19-20-28(37-24)22-32(21-25-11-4-2-5-12-25)31(34)23-33(27-15-6-3-7-16-27)38(35,36)30-18-10-14-26-13-8-9-17-29(26)30/h2,4-5,8-14,17-20,27H,3,6-7,15-16,21-23H2,1H3. The van der Waals surface area contributed by atoms with Crippen LogP contribution < -0.4 is 0 Å². The number of sulfonamides is 1. The number of aryl methyl sites for hydroxylation is 1. The van der Waals surface area contributed by atoms with E-state index in [2.05, 4.69) is 19.1 Å². The van der Waals surface area contributed by atoms with Crippen molar-refractivity contribution < 1.29 is 13.2 Å². The van der Waals surface area contributed by atoms with Crippen LogP contribution in [0, 0.1) is 6.92 Å². The molecule has 0 unspecified atom stereocenters. The Balaban J connectivity index is 1.49. The summed E-state index contributed by atoms with van der Waals surface area (Å²) >= 11 is 1.67. The number of hydrogen-bond acceptors (Lipinski definition) is 4. The van der Waals surface area contributed by atoms with E-state index in [0.717, 1.165) is 47.9 Å². The van der Waals surface area contributed by atoms with Gasteiger partial charge in [0.15, 0.2) is 0 Å². The molecule has 38 heavy (non-hydrogen) atoms. The zero-order chi connectivity index (χ0) is 26.5. The highest BCUT2D eigenvalue weighted by Crippen LogP contribution is 2.31. The van der Waals surface area contributed by atoms with E-state index in [-0.39, 0.29) is 23.4 Å². The summed E-state index contributed by atoms with van der Waals surface area (Å²) in [6.45, 7) is 2.79. The number of carbonyl (C=O) groups excluding carboxylic acids is 1. The normalized spacial score (nSPS) is 14.7. The van der Waals surface area contributed by atoms with Gasteiger partial charge in [0.25, 0.3) is 0 Å². The van der Waals surface area contributed by atoms with Gasteiger partial charge in [-0.3, -0.25) is 4.79 Å². The Hall–Kier alpha value is -3.00. The van der Waals surface area contributed by atoms with E-state index < -0.39 is 10.0 Å². The molecule has 1 saturated carbocycles. The van der Waals surface area contributed by atoms with Crippen molar-refractivity contribution in [3.05, 3.63) is 100 Å². The molecule has 1 aliphatic carbocycles. The first-order valence-corrected chi connectivity index (χ1v) is 15.5. The Morgan fingerprint density at radius 3 is 2.29 bits per heavy atom. The second-order valence-electron chi connectivity index (χ2n) is 10.1. The van der Waals surface area contributed by atoms with E-state index in [4.69, 9.17) is 0 Å². The first-order chi connectivity index (χ1) is 18.4. The van der Waals surface area contributed by atoms with Crippen LogP contribution in [0.15, 0.2) is 89.8 Å². The summed E-state index contributed by atoms with van der Waals surface area (Å²) in [6.07, 6.45) is 4.61. The second-order valence-corrected chi connectivity index (χ2v) is 13.3. The Bertz CT molecular complexity index is 1490. The fraction of sp³-hybridized carbons (Fsp3) is 0.323. The molecule has 7 heteroatoms. The van der Waals surface area contributed by atoms with Crippen molar-refractivity contribution in [2.45, 2.75) is 63.1 Å². The van der Waals surface area contributed by atoms with E-state index in [1.807, 2.05) is 60.7 Å². The molecule has 5 rings (SSSR count). The van der Waals surface area contributed by atoms with E-state index in [0.29, 0.717) is 18.5 Å². The van der Waals surface area contributed by atoms with Gasteiger partial charge in [-0.25, -0.2) is 8.42 Å². The fourth-order valence-electron chi connectivity index (χ4n) is 5.35. The molecule has 1 fully saturated rings. The average Bonchev–Trinajstić information content (AvgIpc) is 3.36. The third-order valence-corrected chi connectivity index (χ3v) is 10.3. The van der Waals surface area contributed by atoms with Crippen molar-refractivity contribution in [3.63, 3.8) is 0 Å². The van der Waals surface area contributed by atoms with Gasteiger partial charge in [-0.15, -0.1) is 11.3 Å². The minimum Gasteiger partial charge on any atom is -0.332 e. The SMILES string of the molecule is Cc1ccc(CN(Cc2ccccc2)C(=O)CN(C2CCCCC2)S(=O)(=O)c2cccc3ccccc23)s1. The molecule has 198 valence electrons. The van der Waals surface area contributed by atoms with Gasteiger partial charge in [0.1, 0.15) is 0 Å². The lowest BCUT2D eigenvalue weighted by Gasteiger charge is -2.34. The van der Waals surface area contributed by atoms with Crippen LogP contribution in [0.4, 0.5) is 0 Å². The number of hydrogen-bond donors (Lipinski definition) is 0. The molecule has 0 atom stereocenters. The van der Waals surface area contributed by atoms with Crippen LogP contribution in [0.25, 0.3) is 10.8 Å². The number of rotatable bonds is 9. The summed E-state index contributed by atoms with van der Waals surface area (Å²) in [5.74, 6) is -0.172. The highest BCUT2D eigenvalue weighted by atomic mass is 32.2. The van der Waals surface area contributed by atoms with Crippen molar-refractivity contribution in [1.29, 1.82) is 0 Å². The van der Waals surface area contributed by atoms with E-state index >= 15 is 0 Å². The minimum absolute atomic E-state index is 0.159. The molecule has 3 aromatic carbocycles. The molecule has 0 aliphatic heterocycles. The predicted molar refractivity (Wildman–Crippen MR) is 154 cm³/mol. The van der Waals surface area contributed by atoms with E-state index in [9.17, 15) is 13.2 Å². The molecule has 1 amide bonds. The third-order valence-electron chi connectivity index (χ3n) is 7.32. The first-order valence-electron chi connectivity index (χ1n) is 13.3. The van der Waals surface area contributed by atoms with Crippen LogP contribution in [0.3, 0.4) is 0 Å². The van der Waals surface area contributed by atoms with Gasteiger partial charge in [-0.2, -0.15) is 4.31 Å². The van der Waals surface area contributed by atoms with Crippen molar-refractivity contribution in [2.75, 3.05) is 6.54 Å². The minimum atomic E-state index is -3.91. The molecule has 5 nitrogen and oxygen atoms in total. The maximum atomic E-state index is 14.3. The Morgan fingerprint density at radius 1 is 0.842 bits per heavy atom. The summed E-state index contributed by atoms with van der Waals surface area (Å²) in [5.41, 5.74) is 1.02. The largest absolute Gasteiger partial charge is 0.332 e. The molecule has 0 radical (unpaired) electrons. The fourth-order valence-corrected chi connectivity index (χ4v) is 8.11. The lowest BCUT2D eigenvalue weighted by molar-refractivity contribution is -0.133. The molecule has 1 aromatic heterocycles. The van der Waals surface area contributed by atoms with Crippen molar-refractivity contribution in [2.24, 2.45) is 0 Å². The van der Waals surface area contributed by atoms with Gasteiger partial charge < -0.3 is 4.90 Å². The molecule has 4 aromatic rings. The van der Waals surface area contributed by atoms with Crippen LogP contribution in [0.2, 0.25) is 0 Å². The molecule has 0 N–H and O–H groups in total. The van der Waals surface area contributed by atoms with Crippen LogP contribution in [0.1, 0.15) is 47.4 Å². The lowest BCUT2D eigenvalue weighted by atomic mass is 9.95. The maximum Gasteiger partial charge on any atom is 0.244 e. The van der Waals surface area contributed by atoms with Gasteiger partial charge in [-0.05, 0) is 48.9 Å². The zero-order valence-electron chi connectivity index (χ0n) is 21.8. The molecular formula is C31H34N2O3S2. The number of thiophene rings is 1. The predicted octanol–water partition coefficient (Wildman–Crippen LogP) is 6.76. The zero-order valence-corrected chi connectivity index (χ0v) is 23.4. The van der Waals surface area contributed by atoms with E-state index in [1.54, 1.807) is 28.4 Å². The van der Waals surface area contributed by atoms with E-state index in [1.165, 1.54) is 9.18 Å². The van der Waals surface area contributed by atoms with Gasteiger partial charge in [-0.1, -0.05) is 86.0 Å². The first kappa shape index (κ1) is 26.6. The lowest BCUT2D eigenvalue weighted by Crippen LogP contribution is -2.47. The smallest absolute Gasteiger partial charge is 0.244 e. The van der Waals surface area contributed by atoms with Gasteiger partial charge in [0.2, 0.25) is 15.9 Å². The van der Waals surface area contributed by atoms with Crippen molar-refractivity contribution >= 4 is 38.0 Å². The highest BCUT2D eigenvalue weighted by Gasteiger charge is 2.36. The molecular weight excluding hydrogens is 512 g/mol. The Labute approximate surface area is 229 Å². The topological polar surface area (TPSA) is 57.7 Å². The molecule has 0 bridgehead atoms. The van der Waals surface area contributed by atoms with Crippen molar-refractivity contribution in [1.82, 2.24) is 9.21 Å². The second kappa shape index (κ2) is 11.8. The molecule has 0 spiro atoms. The average molecular weight is 547 g/mol. The summed E-state index contributed by atoms with van der Waals surface area (Å²) in [7, 11) is -3.91. The summed E-state index contributed by atoms with van der Waals surface area (Å²) in [5, 5.41) is 1.57. The van der Waals surface area contributed by atoms with Crippen LogP contribution >= 0.6 is 11.3 Å². The van der Waals surface area contributed by atoms with Crippen molar-refractivity contribution in [3.8, 4) is 0 Å². The van der Waals surface area contributed by atoms with Crippen LogP contribution in [0.5, 0.6) is 0 Å². The number of fused-ring (bicyclic) bond motifs is 1. The number of benzene rings is 3. The molecule has 1 aliphatic rings. The quantitative estimate of drug-likeness (QED) is 0.233. The number of amides is 1. The molecule has 1 heterocycles. The maximum absolute atomic E-state index is 14.3. The number of nitrogens with zero attached hydrogens (tertiary/aromatic N) is 2. The summed E-state index contributed by atoms with van der Waals surface area (Å²) in [4.78, 5) is 18.3. The van der Waals surface area contributed by atoms with Gasteiger partial charge in [0.05, 0.1) is 18.0 Å². The third kappa shape index (κ3) is 6.01. The molecule has 0 saturated heterocycles. The van der Waals surface area contributed by atoms with Gasteiger partial charge in [0, 0.05) is 27.7 Å².